The maximum Gasteiger partial charge on any atom is 0.244 e. The van der Waals surface area contributed by atoms with Gasteiger partial charge in [-0.3, -0.25) is 4.79 Å². The maximum absolute atomic E-state index is 12.2. The van der Waals surface area contributed by atoms with Crippen molar-refractivity contribution in [3.05, 3.63) is 5.28 Å². The molecule has 1 atom stereocenters. The third kappa shape index (κ3) is 4.19. The summed E-state index contributed by atoms with van der Waals surface area (Å²) in [5.74, 6) is 0.731. The van der Waals surface area contributed by atoms with Crippen LogP contribution < -0.4 is 10.2 Å². The fourth-order valence-electron chi connectivity index (χ4n) is 1.67. The summed E-state index contributed by atoms with van der Waals surface area (Å²) in [6.07, 6.45) is 0. The Morgan fingerprint density at radius 1 is 1.25 bits per heavy atom. The zero-order chi connectivity index (χ0) is 15.3. The fourth-order valence-corrected chi connectivity index (χ4v) is 1.82. The summed E-state index contributed by atoms with van der Waals surface area (Å²) < 4.78 is 0. The zero-order valence-corrected chi connectivity index (χ0v) is 13.3. The summed E-state index contributed by atoms with van der Waals surface area (Å²) in [6.45, 7) is 6.99. The predicted octanol–water partition coefficient (Wildman–Crippen LogP) is 1.26. The number of likely N-dealkylation sites (N-methyl/N-ethyl adjacent to an activating group) is 1. The number of hydrogen-bond acceptors (Lipinski definition) is 6. The smallest absolute Gasteiger partial charge is 0.244 e. The molecule has 8 heteroatoms. The Morgan fingerprint density at radius 3 is 2.35 bits per heavy atom. The molecule has 0 aliphatic rings. The Balaban J connectivity index is 2.85. The summed E-state index contributed by atoms with van der Waals surface area (Å²) in [5, 5.41) is 3.05. The second kappa shape index (κ2) is 7.23. The zero-order valence-electron chi connectivity index (χ0n) is 12.5. The van der Waals surface area contributed by atoms with Crippen LogP contribution in [0.2, 0.25) is 5.28 Å². The molecule has 0 saturated heterocycles. The molecule has 1 N–H and O–H groups in total. The Kier molecular flexibility index (Phi) is 5.94. The average molecular weight is 301 g/mol. The number of nitrogens with one attached hydrogen (secondary N) is 1. The van der Waals surface area contributed by atoms with E-state index in [2.05, 4.69) is 20.3 Å². The molecule has 1 rings (SSSR count). The molecule has 1 amide bonds. The molecule has 7 nitrogen and oxygen atoms in total. The van der Waals surface area contributed by atoms with Gasteiger partial charge in [-0.2, -0.15) is 15.0 Å². The van der Waals surface area contributed by atoms with Crippen molar-refractivity contribution >= 4 is 29.4 Å². The minimum absolute atomic E-state index is 0.00191. The van der Waals surface area contributed by atoms with Crippen molar-refractivity contribution < 1.29 is 4.79 Å². The van der Waals surface area contributed by atoms with Gasteiger partial charge in [-0.1, -0.05) is 0 Å². The molecule has 0 bridgehead atoms. The number of carbonyl (C=O) groups excluding carboxylic acids is 1. The van der Waals surface area contributed by atoms with Gasteiger partial charge in [0.1, 0.15) is 6.04 Å². The predicted molar refractivity (Wildman–Crippen MR) is 80.2 cm³/mol. The molecule has 20 heavy (non-hydrogen) atoms. The number of amides is 1. The lowest BCUT2D eigenvalue weighted by Crippen LogP contribution is -2.41. The number of carbonyl (C=O) groups is 1. The number of hydrogen-bond donors (Lipinski definition) is 1. The van der Waals surface area contributed by atoms with E-state index in [1.54, 1.807) is 30.8 Å². The topological polar surface area (TPSA) is 74.2 Å². The van der Waals surface area contributed by atoms with Gasteiger partial charge in [0.2, 0.25) is 23.1 Å². The van der Waals surface area contributed by atoms with E-state index in [9.17, 15) is 4.79 Å². The molecule has 1 unspecified atom stereocenters. The van der Waals surface area contributed by atoms with Crippen LogP contribution in [0.15, 0.2) is 0 Å². The van der Waals surface area contributed by atoms with Crippen molar-refractivity contribution in [2.45, 2.75) is 26.8 Å². The van der Waals surface area contributed by atoms with Crippen LogP contribution >= 0.6 is 11.6 Å². The highest BCUT2D eigenvalue weighted by Crippen LogP contribution is 2.12. The molecule has 0 aliphatic carbocycles. The van der Waals surface area contributed by atoms with Gasteiger partial charge >= 0.3 is 0 Å². The summed E-state index contributed by atoms with van der Waals surface area (Å²) in [4.78, 5) is 27.8. The highest BCUT2D eigenvalue weighted by molar-refractivity contribution is 6.28. The molecule has 0 aliphatic heterocycles. The lowest BCUT2D eigenvalue weighted by molar-refractivity contribution is -0.131. The lowest BCUT2D eigenvalue weighted by atomic mass is 10.3. The van der Waals surface area contributed by atoms with Gasteiger partial charge in [0.25, 0.3) is 0 Å². The number of aromatic nitrogens is 3. The van der Waals surface area contributed by atoms with Gasteiger partial charge in [0, 0.05) is 27.2 Å². The SMILES string of the molecule is CCN(CC)C(=O)C(C)Nc1nc(Cl)nc(N(C)C)n1. The van der Waals surface area contributed by atoms with Crippen LogP contribution in [0, 0.1) is 0 Å². The van der Waals surface area contributed by atoms with Crippen molar-refractivity contribution in [2.24, 2.45) is 0 Å². The lowest BCUT2D eigenvalue weighted by Gasteiger charge is -2.23. The molecule has 1 aromatic rings. The third-order valence-corrected chi connectivity index (χ3v) is 2.96. The van der Waals surface area contributed by atoms with Crippen LogP contribution in [0.1, 0.15) is 20.8 Å². The first-order valence-corrected chi connectivity index (χ1v) is 6.91. The van der Waals surface area contributed by atoms with Crippen LogP contribution in [0.25, 0.3) is 0 Å². The summed E-state index contributed by atoms with van der Waals surface area (Å²) >= 11 is 5.85. The van der Waals surface area contributed by atoms with E-state index >= 15 is 0 Å². The van der Waals surface area contributed by atoms with E-state index in [1.807, 2.05) is 13.8 Å². The molecule has 0 spiro atoms. The molecule has 112 valence electrons. The Hall–Kier alpha value is -1.63. The van der Waals surface area contributed by atoms with Crippen molar-refractivity contribution in [2.75, 3.05) is 37.4 Å². The first-order chi connectivity index (χ1) is 9.38. The van der Waals surface area contributed by atoms with Gasteiger partial charge < -0.3 is 15.1 Å². The van der Waals surface area contributed by atoms with Crippen molar-refractivity contribution in [3.63, 3.8) is 0 Å². The quantitative estimate of drug-likeness (QED) is 0.852. The van der Waals surface area contributed by atoms with Crippen LogP contribution in [0.3, 0.4) is 0 Å². The van der Waals surface area contributed by atoms with Crippen molar-refractivity contribution in [3.8, 4) is 0 Å². The second-order valence-corrected chi connectivity index (χ2v) is 4.84. The van der Waals surface area contributed by atoms with Gasteiger partial charge in [-0.15, -0.1) is 0 Å². The Bertz CT molecular complexity index is 463. The van der Waals surface area contributed by atoms with E-state index in [0.717, 1.165) is 0 Å². The molecule has 0 saturated carbocycles. The Morgan fingerprint density at radius 2 is 1.85 bits per heavy atom. The number of rotatable bonds is 6. The third-order valence-electron chi connectivity index (χ3n) is 2.79. The van der Waals surface area contributed by atoms with Crippen molar-refractivity contribution in [1.29, 1.82) is 0 Å². The van der Waals surface area contributed by atoms with Gasteiger partial charge in [-0.05, 0) is 32.4 Å². The second-order valence-electron chi connectivity index (χ2n) is 4.50. The molecule has 0 radical (unpaired) electrons. The first kappa shape index (κ1) is 16.4. The average Bonchev–Trinajstić information content (AvgIpc) is 2.39. The van der Waals surface area contributed by atoms with E-state index in [4.69, 9.17) is 11.6 Å². The molecule has 0 aromatic carbocycles. The van der Waals surface area contributed by atoms with E-state index < -0.39 is 6.04 Å². The first-order valence-electron chi connectivity index (χ1n) is 6.53. The number of anilines is 2. The molecule has 1 heterocycles. The molecular weight excluding hydrogens is 280 g/mol. The molecule has 0 fully saturated rings. The fraction of sp³-hybridized carbons (Fsp3) is 0.667. The summed E-state index contributed by atoms with van der Waals surface area (Å²) in [5.41, 5.74) is 0. The standard InChI is InChI=1S/C12H21ClN6O/c1-6-19(7-2)9(20)8(3)14-11-15-10(13)16-12(17-11)18(4)5/h8H,6-7H2,1-5H3,(H,14,15,16,17). The molecule has 1 aromatic heterocycles. The maximum atomic E-state index is 12.2. The minimum Gasteiger partial charge on any atom is -0.347 e. The minimum atomic E-state index is -0.427. The monoisotopic (exact) mass is 300 g/mol. The largest absolute Gasteiger partial charge is 0.347 e. The van der Waals surface area contributed by atoms with Gasteiger partial charge in [0.15, 0.2) is 0 Å². The highest BCUT2D eigenvalue weighted by atomic mass is 35.5. The highest BCUT2D eigenvalue weighted by Gasteiger charge is 2.19. The van der Waals surface area contributed by atoms with Crippen molar-refractivity contribution in [1.82, 2.24) is 19.9 Å². The van der Waals surface area contributed by atoms with E-state index in [0.29, 0.717) is 25.0 Å². The Labute approximate surface area is 124 Å². The summed E-state index contributed by atoms with van der Waals surface area (Å²) in [6, 6.07) is -0.427. The van der Waals surface area contributed by atoms with Crippen LogP contribution in [-0.2, 0) is 4.79 Å². The summed E-state index contributed by atoms with van der Waals surface area (Å²) in [7, 11) is 3.61. The normalized spacial score (nSPS) is 11.9. The molecular formula is C12H21ClN6O. The van der Waals surface area contributed by atoms with Gasteiger partial charge in [-0.25, -0.2) is 0 Å². The number of halogens is 1. The van der Waals surface area contributed by atoms with E-state index in [1.165, 1.54) is 0 Å². The van der Waals surface area contributed by atoms with Crippen LogP contribution in [-0.4, -0.2) is 59.0 Å². The number of nitrogens with zero attached hydrogens (tertiary/aromatic N) is 5. The van der Waals surface area contributed by atoms with Crippen LogP contribution in [0.5, 0.6) is 0 Å². The van der Waals surface area contributed by atoms with Gasteiger partial charge in [0.05, 0.1) is 0 Å². The van der Waals surface area contributed by atoms with E-state index in [-0.39, 0.29) is 11.2 Å². The van der Waals surface area contributed by atoms with Crippen LogP contribution in [0.4, 0.5) is 11.9 Å².